The summed E-state index contributed by atoms with van der Waals surface area (Å²) in [6, 6.07) is 3.87. The van der Waals surface area contributed by atoms with E-state index in [1.807, 2.05) is 19.9 Å². The Morgan fingerprint density at radius 3 is 2.94 bits per heavy atom. The van der Waals surface area contributed by atoms with Crippen molar-refractivity contribution in [3.8, 4) is 0 Å². The van der Waals surface area contributed by atoms with Gasteiger partial charge in [0.15, 0.2) is 0 Å². The van der Waals surface area contributed by atoms with E-state index >= 15 is 0 Å². The van der Waals surface area contributed by atoms with Gasteiger partial charge < -0.3 is 5.32 Å². The van der Waals surface area contributed by atoms with E-state index in [0.29, 0.717) is 6.54 Å². The molecule has 1 aliphatic heterocycles. The number of fused-ring (bicyclic) bond motifs is 1. The lowest BCUT2D eigenvalue weighted by Crippen LogP contribution is -2.27. The van der Waals surface area contributed by atoms with Crippen molar-refractivity contribution in [1.29, 1.82) is 0 Å². The highest BCUT2D eigenvalue weighted by Gasteiger charge is 2.31. The first-order valence-electron chi connectivity index (χ1n) is 5.39. The molecule has 1 atom stereocenters. The van der Waals surface area contributed by atoms with Crippen molar-refractivity contribution in [1.82, 2.24) is 5.32 Å². The van der Waals surface area contributed by atoms with Gasteiger partial charge in [-0.15, -0.1) is 6.58 Å². The third-order valence-electron chi connectivity index (χ3n) is 2.81. The predicted molar refractivity (Wildman–Crippen MR) is 65.5 cm³/mol. The minimum Gasteiger partial charge on any atom is -0.324 e. The number of benzene rings is 1. The van der Waals surface area contributed by atoms with Crippen molar-refractivity contribution < 1.29 is 4.79 Å². The summed E-state index contributed by atoms with van der Waals surface area (Å²) in [5.74, 6) is 0.0190. The number of anilines is 1. The van der Waals surface area contributed by atoms with Gasteiger partial charge in [0.1, 0.15) is 6.04 Å². The zero-order valence-electron chi connectivity index (χ0n) is 9.63. The number of amides is 1. The maximum Gasteiger partial charge on any atom is 0.246 e. The molecule has 1 amide bonds. The van der Waals surface area contributed by atoms with E-state index in [-0.39, 0.29) is 11.9 Å². The Morgan fingerprint density at radius 2 is 2.25 bits per heavy atom. The van der Waals surface area contributed by atoms with Gasteiger partial charge in [0.25, 0.3) is 0 Å². The normalized spacial score (nSPS) is 18.1. The van der Waals surface area contributed by atoms with Crippen molar-refractivity contribution in [3.63, 3.8) is 0 Å². The molecule has 0 bridgehead atoms. The fraction of sp³-hybridized carbons (Fsp3) is 0.308. The zero-order valence-corrected chi connectivity index (χ0v) is 9.63. The van der Waals surface area contributed by atoms with Crippen LogP contribution in [0.5, 0.6) is 0 Å². The van der Waals surface area contributed by atoms with E-state index in [9.17, 15) is 4.79 Å². The minimum atomic E-state index is -0.242. The molecule has 0 aromatic heterocycles. The Balaban J connectivity index is 2.39. The molecule has 0 saturated heterocycles. The first-order chi connectivity index (χ1) is 7.63. The summed E-state index contributed by atoms with van der Waals surface area (Å²) in [4.78, 5) is 11.8. The fourth-order valence-corrected chi connectivity index (χ4v) is 2.20. The monoisotopic (exact) mass is 216 g/mol. The predicted octanol–water partition coefficient (Wildman–Crippen LogP) is 2.07. The molecule has 0 aliphatic carbocycles. The Hall–Kier alpha value is -1.61. The minimum absolute atomic E-state index is 0.0190. The molecule has 3 heteroatoms. The zero-order chi connectivity index (χ0) is 11.7. The van der Waals surface area contributed by atoms with Gasteiger partial charge in [-0.1, -0.05) is 12.1 Å². The molecule has 16 heavy (non-hydrogen) atoms. The molecular weight excluding hydrogens is 200 g/mol. The average Bonchev–Trinajstić information content (AvgIpc) is 2.51. The van der Waals surface area contributed by atoms with Crippen molar-refractivity contribution in [2.45, 2.75) is 19.9 Å². The fourth-order valence-electron chi connectivity index (χ4n) is 2.20. The van der Waals surface area contributed by atoms with Crippen molar-refractivity contribution in [2.75, 3.05) is 11.9 Å². The first kappa shape index (κ1) is 10.9. The van der Waals surface area contributed by atoms with Gasteiger partial charge in [0.05, 0.1) is 0 Å². The largest absolute Gasteiger partial charge is 0.324 e. The van der Waals surface area contributed by atoms with E-state index in [2.05, 4.69) is 23.3 Å². The molecule has 2 rings (SSSR count). The molecule has 3 nitrogen and oxygen atoms in total. The van der Waals surface area contributed by atoms with Crippen molar-refractivity contribution >= 4 is 11.6 Å². The van der Waals surface area contributed by atoms with Crippen molar-refractivity contribution in [3.05, 3.63) is 41.5 Å². The lowest BCUT2D eigenvalue weighted by molar-refractivity contribution is -0.117. The Morgan fingerprint density at radius 1 is 1.50 bits per heavy atom. The van der Waals surface area contributed by atoms with E-state index in [1.54, 1.807) is 6.08 Å². The number of rotatable bonds is 3. The molecular formula is C13H16N2O. The molecule has 1 aliphatic rings. The van der Waals surface area contributed by atoms with Gasteiger partial charge in [-0.3, -0.25) is 10.1 Å². The molecule has 1 aromatic carbocycles. The highest BCUT2D eigenvalue weighted by molar-refractivity contribution is 6.03. The van der Waals surface area contributed by atoms with Crippen LogP contribution < -0.4 is 10.6 Å². The van der Waals surface area contributed by atoms with Gasteiger partial charge in [0, 0.05) is 17.8 Å². The van der Waals surface area contributed by atoms with Crippen LogP contribution in [0.2, 0.25) is 0 Å². The van der Waals surface area contributed by atoms with Crippen LogP contribution in [0.15, 0.2) is 24.8 Å². The summed E-state index contributed by atoms with van der Waals surface area (Å²) in [7, 11) is 0. The summed E-state index contributed by atoms with van der Waals surface area (Å²) in [6.45, 7) is 8.34. The lowest BCUT2D eigenvalue weighted by Gasteiger charge is -2.12. The summed E-state index contributed by atoms with van der Waals surface area (Å²) in [5, 5.41) is 6.07. The molecule has 0 saturated carbocycles. The first-order valence-corrected chi connectivity index (χ1v) is 5.39. The second-order valence-corrected chi connectivity index (χ2v) is 4.16. The van der Waals surface area contributed by atoms with Crippen LogP contribution in [-0.2, 0) is 4.79 Å². The van der Waals surface area contributed by atoms with Gasteiger partial charge in [0.2, 0.25) is 5.91 Å². The second-order valence-electron chi connectivity index (χ2n) is 4.16. The van der Waals surface area contributed by atoms with E-state index in [1.165, 1.54) is 5.56 Å². The number of aryl methyl sites for hydroxylation is 2. The summed E-state index contributed by atoms with van der Waals surface area (Å²) in [5.41, 5.74) is 4.32. The molecule has 1 unspecified atom stereocenters. The van der Waals surface area contributed by atoms with Crippen LogP contribution in [0.25, 0.3) is 0 Å². The Bertz CT molecular complexity index is 451. The van der Waals surface area contributed by atoms with Crippen molar-refractivity contribution in [2.24, 2.45) is 0 Å². The summed E-state index contributed by atoms with van der Waals surface area (Å²) >= 11 is 0. The number of hydrogen-bond acceptors (Lipinski definition) is 2. The van der Waals surface area contributed by atoms with E-state index in [0.717, 1.165) is 16.8 Å². The standard InChI is InChI=1S/C13H16N2O/c1-4-5-14-12-11-9(3)6-8(2)7-10(11)15-13(12)16/h4,6-7,12,14H,1,5H2,2-3H3,(H,15,16). The maximum atomic E-state index is 11.8. The molecule has 1 aromatic rings. The Kier molecular flexibility index (Phi) is 2.79. The van der Waals surface area contributed by atoms with E-state index < -0.39 is 0 Å². The van der Waals surface area contributed by atoms with Crippen LogP contribution in [-0.4, -0.2) is 12.5 Å². The molecule has 1 heterocycles. The summed E-state index contributed by atoms with van der Waals surface area (Å²) < 4.78 is 0. The molecule has 0 fully saturated rings. The highest BCUT2D eigenvalue weighted by atomic mass is 16.2. The number of carbonyl (C=O) groups is 1. The number of carbonyl (C=O) groups excluding carboxylic acids is 1. The number of nitrogens with one attached hydrogen (secondary N) is 2. The van der Waals surface area contributed by atoms with Gasteiger partial charge >= 0.3 is 0 Å². The average molecular weight is 216 g/mol. The van der Waals surface area contributed by atoms with Gasteiger partial charge in [-0.05, 0) is 31.0 Å². The van der Waals surface area contributed by atoms with Crippen LogP contribution >= 0.6 is 0 Å². The number of hydrogen-bond donors (Lipinski definition) is 2. The van der Waals surface area contributed by atoms with Crippen LogP contribution in [0.4, 0.5) is 5.69 Å². The molecule has 84 valence electrons. The van der Waals surface area contributed by atoms with Crippen LogP contribution in [0.3, 0.4) is 0 Å². The van der Waals surface area contributed by atoms with E-state index in [4.69, 9.17) is 0 Å². The highest BCUT2D eigenvalue weighted by Crippen LogP contribution is 2.34. The quantitative estimate of drug-likeness (QED) is 0.759. The third-order valence-corrected chi connectivity index (χ3v) is 2.81. The topological polar surface area (TPSA) is 41.1 Å². The van der Waals surface area contributed by atoms with Crippen LogP contribution in [0, 0.1) is 13.8 Å². The molecule has 0 radical (unpaired) electrons. The molecule has 2 N–H and O–H groups in total. The smallest absolute Gasteiger partial charge is 0.246 e. The maximum absolute atomic E-state index is 11.8. The lowest BCUT2D eigenvalue weighted by atomic mass is 10.00. The summed E-state index contributed by atoms with van der Waals surface area (Å²) in [6.07, 6.45) is 1.76. The Labute approximate surface area is 95.6 Å². The van der Waals surface area contributed by atoms with Gasteiger partial charge in [-0.2, -0.15) is 0 Å². The SMILES string of the molecule is C=CCNC1C(=O)Nc2cc(C)cc(C)c21. The third kappa shape index (κ3) is 1.74. The molecule has 0 spiro atoms. The second kappa shape index (κ2) is 4.10. The van der Waals surface area contributed by atoms with Crippen LogP contribution in [0.1, 0.15) is 22.7 Å². The van der Waals surface area contributed by atoms with Gasteiger partial charge in [-0.25, -0.2) is 0 Å².